The molecule has 0 radical (unpaired) electrons. The third-order valence-electron chi connectivity index (χ3n) is 10.6. The van der Waals surface area contributed by atoms with Crippen LogP contribution < -0.4 is 26.5 Å². The second-order valence-corrected chi connectivity index (χ2v) is 35.4. The van der Waals surface area contributed by atoms with Gasteiger partial charge in [0.05, 0.1) is 0 Å². The second kappa shape index (κ2) is 21.2. The van der Waals surface area contributed by atoms with Crippen LogP contribution in [0.3, 0.4) is 0 Å². The first-order valence-electron chi connectivity index (χ1n) is 19.3. The molecule has 0 saturated carbocycles. The fraction of sp³-hybridized carbons (Fsp3) is 0.500. The zero-order valence-corrected chi connectivity index (χ0v) is 40.7. The zero-order chi connectivity index (χ0) is 46.9. The Morgan fingerprint density at radius 2 is 0.656 bits per heavy atom. The van der Waals surface area contributed by atoms with Crippen LogP contribution in [-0.4, -0.2) is 239 Å². The third-order valence-corrected chi connectivity index (χ3v) is 37.9. The SMILES string of the molecule is [O]=[Sb]([OH])([O][Sb](=[O])([O][Sb](=[O])([OH])[c]1ccc(N[C@@H]2O[C@H](CO)[C@@H](O)[C@H](O)[C@H]2O)cc1)[c]1ccc(N[C@@H]2O[C@H](CO)[C@@H](O)[C@H](O)[C@H]2O)cc1)[c]1ccc(N[C@@H]2O[C@H](CO)[C@@H](O)[C@H](O)[C@H]2O)cc1. The first-order valence-corrected chi connectivity index (χ1v) is 32.7. The third kappa shape index (κ3) is 11.4. The van der Waals surface area contributed by atoms with Crippen molar-refractivity contribution in [2.24, 2.45) is 0 Å². The van der Waals surface area contributed by atoms with Gasteiger partial charge in [0, 0.05) is 0 Å². The van der Waals surface area contributed by atoms with Gasteiger partial charge in [-0.3, -0.25) is 0 Å². The molecule has 3 heterocycles. The van der Waals surface area contributed by atoms with Gasteiger partial charge in [0.25, 0.3) is 0 Å². The van der Waals surface area contributed by atoms with Crippen molar-refractivity contribution < 1.29 is 93.9 Å². The van der Waals surface area contributed by atoms with E-state index in [-0.39, 0.29) is 17.1 Å². The van der Waals surface area contributed by atoms with E-state index in [2.05, 4.69) is 16.0 Å². The van der Waals surface area contributed by atoms with Crippen LogP contribution in [-0.2, 0) is 25.9 Å². The van der Waals surface area contributed by atoms with E-state index < -0.39 is 181 Å². The molecule has 3 aromatic rings. The van der Waals surface area contributed by atoms with E-state index in [0.717, 1.165) is 36.4 Å². The second-order valence-electron chi connectivity index (χ2n) is 15.0. The van der Waals surface area contributed by atoms with Gasteiger partial charge in [-0.05, 0) is 0 Å². The molecule has 0 aliphatic carbocycles. The average Bonchev–Trinajstić information content (AvgIpc) is 3.27. The van der Waals surface area contributed by atoms with Crippen molar-refractivity contribution >= 4 is 86.5 Å². The van der Waals surface area contributed by atoms with Crippen LogP contribution in [0.1, 0.15) is 0 Å². The summed E-state index contributed by atoms with van der Waals surface area (Å²) in [6, 6.07) is 13.8. The van der Waals surface area contributed by atoms with Crippen molar-refractivity contribution in [1.29, 1.82) is 0 Å². The van der Waals surface area contributed by atoms with Gasteiger partial charge in [-0.2, -0.15) is 0 Å². The molecule has 0 amide bonds. The molecule has 6 rings (SSSR count). The Morgan fingerprint density at radius 1 is 0.406 bits per heavy atom. The summed E-state index contributed by atoms with van der Waals surface area (Å²) in [4.78, 5) is 0. The molecule has 0 bridgehead atoms. The van der Waals surface area contributed by atoms with Crippen LogP contribution in [0.5, 0.6) is 0 Å². The molecular formula is C36H50N3O22Sb3. The van der Waals surface area contributed by atoms with Crippen molar-refractivity contribution in [2.75, 3.05) is 35.8 Å². The standard InChI is InChI=1S/3C12H16NO5.2H2O.5O.3Sb/c3*14-6-8-9(15)10(16)11(17)12(18-8)13-7-4-2-1-3-5-7;;;;;;;;;;/h3*2-5,8-17H,6H2;2*1H2;;;;;;;;/q;;;;;;;;;;;2*+1/p-2/t3*8-,9-,10+,11-,12-;;;;;;;;;;/m111........../s1. The Labute approximate surface area is 378 Å². The van der Waals surface area contributed by atoms with E-state index in [1.807, 2.05) is 0 Å². The van der Waals surface area contributed by atoms with Gasteiger partial charge in [0.1, 0.15) is 0 Å². The van der Waals surface area contributed by atoms with Gasteiger partial charge in [0.2, 0.25) is 0 Å². The van der Waals surface area contributed by atoms with Gasteiger partial charge in [-0.1, -0.05) is 0 Å². The molecule has 3 aliphatic heterocycles. The molecule has 17 atom stereocenters. The number of anilines is 3. The van der Waals surface area contributed by atoms with Crippen LogP contribution in [0.25, 0.3) is 0 Å². The Morgan fingerprint density at radius 3 is 0.906 bits per heavy atom. The summed E-state index contributed by atoms with van der Waals surface area (Å²) in [5.41, 5.74) is 0.375. The van der Waals surface area contributed by atoms with Gasteiger partial charge >= 0.3 is 381 Å². The molecule has 0 spiro atoms. The van der Waals surface area contributed by atoms with Crippen LogP contribution >= 0.6 is 0 Å². The van der Waals surface area contributed by atoms with Crippen molar-refractivity contribution in [3.8, 4) is 0 Å². The number of hydrogen-bond acceptors (Lipinski definition) is 23. The van der Waals surface area contributed by atoms with Crippen molar-refractivity contribution in [3.63, 3.8) is 0 Å². The molecule has 3 aromatic carbocycles. The number of aliphatic hydroxyl groups is 12. The molecular weight excluding hydrogens is 1190 g/mol. The molecule has 356 valence electrons. The predicted octanol–water partition coefficient (Wildman–Crippen LogP) is -8.53. The molecule has 3 saturated heterocycles. The number of hydrogen-bond donors (Lipinski definition) is 17. The molecule has 2 unspecified atom stereocenters. The van der Waals surface area contributed by atoms with E-state index in [4.69, 9.17) is 16.8 Å². The van der Waals surface area contributed by atoms with Gasteiger partial charge in [-0.25, -0.2) is 0 Å². The number of nitrogens with one attached hydrogen (secondary N) is 3. The Balaban J connectivity index is 1.25. The molecule has 28 heteroatoms. The van der Waals surface area contributed by atoms with E-state index in [0.29, 0.717) is 0 Å². The van der Waals surface area contributed by atoms with Gasteiger partial charge in [0.15, 0.2) is 0 Å². The van der Waals surface area contributed by atoms with Gasteiger partial charge in [-0.15, -0.1) is 0 Å². The quantitative estimate of drug-likeness (QED) is 0.0592. The minimum absolute atomic E-state index is 0.102. The number of aliphatic hydroxyl groups excluding tert-OH is 12. The maximum absolute atomic E-state index is 14.9. The van der Waals surface area contributed by atoms with Crippen LogP contribution in [0.2, 0.25) is 0 Å². The van der Waals surface area contributed by atoms with E-state index in [1.165, 1.54) is 36.4 Å². The Hall–Kier alpha value is -1.85. The fourth-order valence-electron chi connectivity index (χ4n) is 6.88. The van der Waals surface area contributed by atoms with Crippen LogP contribution in [0.4, 0.5) is 17.1 Å². The average molecular weight is 1240 g/mol. The van der Waals surface area contributed by atoms with E-state index in [1.54, 1.807) is 0 Å². The molecule has 25 nitrogen and oxygen atoms in total. The zero-order valence-electron chi connectivity index (χ0n) is 33.1. The van der Waals surface area contributed by atoms with Crippen LogP contribution in [0.15, 0.2) is 72.8 Å². The van der Waals surface area contributed by atoms with E-state index in [9.17, 15) is 77.1 Å². The summed E-state index contributed by atoms with van der Waals surface area (Å²) in [5.74, 6) is 0. The number of benzene rings is 3. The molecule has 64 heavy (non-hydrogen) atoms. The Bertz CT molecular complexity index is 2050. The summed E-state index contributed by atoms with van der Waals surface area (Å²) < 4.78 is 91.7. The monoisotopic (exact) mass is 1240 g/mol. The maximum atomic E-state index is 14.9. The minimum atomic E-state index is -6.65. The van der Waals surface area contributed by atoms with E-state index >= 15 is 0 Å². The molecule has 0 aromatic heterocycles. The van der Waals surface area contributed by atoms with Gasteiger partial charge < -0.3 is 0 Å². The summed E-state index contributed by atoms with van der Waals surface area (Å²) >= 11 is -19.6. The number of rotatable bonds is 16. The normalized spacial score (nSPS) is 36.2. The molecule has 17 N–H and O–H groups in total. The summed E-state index contributed by atoms with van der Waals surface area (Å²) in [5, 5.41) is 129. The summed E-state index contributed by atoms with van der Waals surface area (Å²) in [6.07, 6.45) is -22.9. The predicted molar refractivity (Wildman–Crippen MR) is 216 cm³/mol. The molecule has 3 fully saturated rings. The summed E-state index contributed by atoms with van der Waals surface area (Å²) in [7, 11) is 0. The summed E-state index contributed by atoms with van der Waals surface area (Å²) in [6.45, 7) is -2.11. The van der Waals surface area contributed by atoms with Crippen molar-refractivity contribution in [3.05, 3.63) is 72.8 Å². The first-order chi connectivity index (χ1) is 30.1. The first kappa shape index (κ1) is 51.5. The number of ether oxygens (including phenoxy) is 3. The Kier molecular flexibility index (Phi) is 17.1. The topological polar surface area (TPSA) is 417 Å². The van der Waals surface area contributed by atoms with Crippen LogP contribution in [0, 0.1) is 0 Å². The van der Waals surface area contributed by atoms with Crippen molar-refractivity contribution in [2.45, 2.75) is 91.9 Å². The fourth-order valence-corrected chi connectivity index (χ4v) is 37.0. The van der Waals surface area contributed by atoms with Crippen molar-refractivity contribution in [1.82, 2.24) is 0 Å². The molecule has 3 aliphatic rings.